The molecule has 0 aromatic carbocycles. The third-order valence-electron chi connectivity index (χ3n) is 1.14. The van der Waals surface area contributed by atoms with E-state index in [4.69, 9.17) is 0 Å². The molecule has 1 aliphatic rings. The van der Waals surface area contributed by atoms with Gasteiger partial charge in [-0.15, -0.1) is 11.3 Å². The van der Waals surface area contributed by atoms with Gasteiger partial charge in [-0.2, -0.15) is 0 Å². The van der Waals surface area contributed by atoms with Crippen LogP contribution in [0.25, 0.3) is 12.2 Å². The van der Waals surface area contributed by atoms with Crippen molar-refractivity contribution in [2.75, 3.05) is 0 Å². The normalized spacial score (nSPS) is 13.1. The van der Waals surface area contributed by atoms with Crippen molar-refractivity contribution in [1.29, 1.82) is 0 Å². The van der Waals surface area contributed by atoms with Gasteiger partial charge < -0.3 is 0 Å². The minimum Gasteiger partial charge on any atom is -0.144 e. The molecule has 34 valence electrons. The van der Waals surface area contributed by atoms with Gasteiger partial charge >= 0.3 is 0 Å². The zero-order chi connectivity index (χ0) is 4.69. The highest BCUT2D eigenvalue weighted by Gasteiger charge is 2.02. The molecule has 0 saturated carbocycles. The van der Waals surface area contributed by atoms with Gasteiger partial charge in [0.1, 0.15) is 0 Å². The summed E-state index contributed by atoms with van der Waals surface area (Å²) in [5.41, 5.74) is 1.41. The second-order valence-electron chi connectivity index (χ2n) is 1.57. The van der Waals surface area contributed by atoms with Gasteiger partial charge in [0.25, 0.3) is 0 Å². The van der Waals surface area contributed by atoms with Crippen LogP contribution in [0.2, 0.25) is 0 Å². The first-order valence-corrected chi connectivity index (χ1v) is 3.10. The Balaban J connectivity index is 2.79. The van der Waals surface area contributed by atoms with E-state index in [1.54, 1.807) is 11.3 Å². The molecule has 0 atom stereocenters. The average molecular weight is 108 g/mol. The molecule has 0 fully saturated rings. The zero-order valence-electron chi connectivity index (χ0n) is 3.72. The van der Waals surface area contributed by atoms with Crippen LogP contribution in [0, 0.1) is 0 Å². The van der Waals surface area contributed by atoms with Crippen LogP contribution < -0.4 is 0 Å². The first-order chi connectivity index (χ1) is 3.47. The zero-order valence-corrected chi connectivity index (χ0v) is 4.53. The molecular formula is C6H4S. The van der Waals surface area contributed by atoms with Crippen molar-refractivity contribution in [3.05, 3.63) is 21.9 Å². The van der Waals surface area contributed by atoms with E-state index in [0.29, 0.717) is 0 Å². The Morgan fingerprint density at radius 2 is 2.29 bits per heavy atom. The Bertz CT molecular complexity index is 187. The first kappa shape index (κ1) is 3.44. The standard InChI is InChI=1S/C6H4S/c1-2-6-5(1)3-4-7-6/h1-4H. The monoisotopic (exact) mass is 108 g/mol. The second kappa shape index (κ2) is 0.984. The lowest BCUT2D eigenvalue weighted by Gasteiger charge is -1.98. The molecular weight excluding hydrogens is 104 g/mol. The van der Waals surface area contributed by atoms with E-state index >= 15 is 0 Å². The molecule has 1 heteroatoms. The van der Waals surface area contributed by atoms with Crippen molar-refractivity contribution in [1.82, 2.24) is 0 Å². The lowest BCUT2D eigenvalue weighted by molar-refractivity contribution is 1.79. The summed E-state index contributed by atoms with van der Waals surface area (Å²) in [6, 6.07) is 2.14. The summed E-state index contributed by atoms with van der Waals surface area (Å²) in [5.74, 6) is 0. The van der Waals surface area contributed by atoms with Crippen LogP contribution in [0.5, 0.6) is 0 Å². The Morgan fingerprint density at radius 3 is 2.57 bits per heavy atom. The Morgan fingerprint density at radius 1 is 1.29 bits per heavy atom. The average Bonchev–Trinajstić information content (AvgIpc) is 1.85. The third-order valence-corrected chi connectivity index (χ3v) is 2.04. The van der Waals surface area contributed by atoms with Crippen molar-refractivity contribution in [3.63, 3.8) is 0 Å². The highest BCUT2D eigenvalue weighted by atomic mass is 32.1. The summed E-state index contributed by atoms with van der Waals surface area (Å²) in [6.07, 6.45) is 4.27. The van der Waals surface area contributed by atoms with Crippen molar-refractivity contribution < 1.29 is 0 Å². The highest BCUT2D eigenvalue weighted by Crippen LogP contribution is 2.27. The number of thiophene rings is 1. The van der Waals surface area contributed by atoms with E-state index in [-0.39, 0.29) is 0 Å². The van der Waals surface area contributed by atoms with Crippen LogP contribution in [-0.4, -0.2) is 0 Å². The quantitative estimate of drug-likeness (QED) is 0.485. The minimum absolute atomic E-state index is 1.41. The van der Waals surface area contributed by atoms with E-state index in [0.717, 1.165) is 0 Å². The molecule has 2 rings (SSSR count). The fourth-order valence-electron chi connectivity index (χ4n) is 0.673. The van der Waals surface area contributed by atoms with Crippen LogP contribution in [0.3, 0.4) is 0 Å². The van der Waals surface area contributed by atoms with Crippen molar-refractivity contribution in [2.45, 2.75) is 0 Å². The van der Waals surface area contributed by atoms with E-state index < -0.39 is 0 Å². The number of fused-ring (bicyclic) bond motifs is 1. The van der Waals surface area contributed by atoms with Crippen LogP contribution in [0.4, 0.5) is 0 Å². The first-order valence-electron chi connectivity index (χ1n) is 2.22. The predicted octanol–water partition coefficient (Wildman–Crippen LogP) is 2.23. The van der Waals surface area contributed by atoms with Crippen molar-refractivity contribution in [3.8, 4) is 0 Å². The molecule has 1 heterocycles. The lowest BCUT2D eigenvalue weighted by atomic mass is 10.1. The molecule has 0 aliphatic heterocycles. The van der Waals surface area contributed by atoms with Gasteiger partial charge in [0, 0.05) is 4.88 Å². The molecule has 0 bridgehead atoms. The second-order valence-corrected chi connectivity index (χ2v) is 2.52. The Labute approximate surface area is 46.1 Å². The topological polar surface area (TPSA) is 0 Å². The van der Waals surface area contributed by atoms with Crippen LogP contribution in [-0.2, 0) is 0 Å². The van der Waals surface area contributed by atoms with Crippen LogP contribution in [0.1, 0.15) is 10.4 Å². The molecule has 0 radical (unpaired) electrons. The SMILES string of the molecule is C1=Cc2sccc21. The summed E-state index contributed by atoms with van der Waals surface area (Å²) < 4.78 is 0. The molecule has 0 spiro atoms. The molecule has 1 aromatic heterocycles. The van der Waals surface area contributed by atoms with Crippen LogP contribution >= 0.6 is 11.3 Å². The maximum absolute atomic E-state index is 2.14. The van der Waals surface area contributed by atoms with Crippen molar-refractivity contribution >= 4 is 23.5 Å². The number of hydrogen-bond acceptors (Lipinski definition) is 1. The largest absolute Gasteiger partial charge is 0.144 e. The molecule has 0 nitrogen and oxygen atoms in total. The summed E-state index contributed by atoms with van der Waals surface area (Å²) in [4.78, 5) is 1.43. The number of hydrogen-bond donors (Lipinski definition) is 0. The maximum Gasteiger partial charge on any atom is 0.0342 e. The van der Waals surface area contributed by atoms with Crippen LogP contribution in [0.15, 0.2) is 11.4 Å². The van der Waals surface area contributed by atoms with Crippen molar-refractivity contribution in [2.24, 2.45) is 0 Å². The molecule has 7 heavy (non-hydrogen) atoms. The van der Waals surface area contributed by atoms with Gasteiger partial charge in [0.15, 0.2) is 0 Å². The fraction of sp³-hybridized carbons (Fsp3) is 0. The summed E-state index contributed by atoms with van der Waals surface area (Å²) in [5, 5.41) is 2.12. The van der Waals surface area contributed by atoms with E-state index in [1.807, 2.05) is 0 Å². The third kappa shape index (κ3) is 0.309. The highest BCUT2D eigenvalue weighted by molar-refractivity contribution is 7.11. The van der Waals surface area contributed by atoms with Gasteiger partial charge in [-0.25, -0.2) is 0 Å². The molecule has 1 aliphatic carbocycles. The molecule has 0 saturated heterocycles. The van der Waals surface area contributed by atoms with Gasteiger partial charge in [-0.05, 0) is 23.1 Å². The summed E-state index contributed by atoms with van der Waals surface area (Å²) in [7, 11) is 0. The van der Waals surface area contributed by atoms with E-state index in [1.165, 1.54) is 10.4 Å². The van der Waals surface area contributed by atoms with Gasteiger partial charge in [0.05, 0.1) is 0 Å². The van der Waals surface area contributed by atoms with E-state index in [9.17, 15) is 0 Å². The summed E-state index contributed by atoms with van der Waals surface area (Å²) in [6.45, 7) is 0. The Hall–Kier alpha value is -0.560. The molecule has 0 amide bonds. The molecule has 0 N–H and O–H groups in total. The van der Waals surface area contributed by atoms with E-state index in [2.05, 4.69) is 23.6 Å². The maximum atomic E-state index is 2.14. The Kier molecular flexibility index (Phi) is 0.484. The van der Waals surface area contributed by atoms with Gasteiger partial charge in [0.2, 0.25) is 0 Å². The molecule has 0 unspecified atom stereocenters. The van der Waals surface area contributed by atoms with Gasteiger partial charge in [-0.3, -0.25) is 0 Å². The summed E-state index contributed by atoms with van der Waals surface area (Å²) >= 11 is 1.80. The van der Waals surface area contributed by atoms with Gasteiger partial charge in [-0.1, -0.05) is 6.08 Å². The fourth-order valence-corrected chi connectivity index (χ4v) is 1.45. The minimum atomic E-state index is 1.41. The smallest absolute Gasteiger partial charge is 0.0342 e. The molecule has 1 aromatic rings. The lowest BCUT2D eigenvalue weighted by Crippen LogP contribution is -1.76. The number of rotatable bonds is 0. The predicted molar refractivity (Wildman–Crippen MR) is 33.2 cm³/mol.